The van der Waals surface area contributed by atoms with Crippen molar-refractivity contribution in [2.24, 2.45) is 0 Å². The van der Waals surface area contributed by atoms with Gasteiger partial charge in [-0.15, -0.1) is 0 Å². The summed E-state index contributed by atoms with van der Waals surface area (Å²) in [6.45, 7) is 2.90. The monoisotopic (exact) mass is 497 g/mol. The second-order valence-electron chi connectivity index (χ2n) is 9.02. The topological polar surface area (TPSA) is 84.2 Å². The molecule has 0 amide bonds. The maximum atomic E-state index is 6.46. The lowest BCUT2D eigenvalue weighted by atomic mass is 10.1. The zero-order chi connectivity index (χ0) is 25.9. The van der Waals surface area contributed by atoms with Crippen LogP contribution in [0.4, 0.5) is 0 Å². The van der Waals surface area contributed by atoms with Crippen LogP contribution in [0.1, 0.15) is 17.1 Å². The van der Waals surface area contributed by atoms with Gasteiger partial charge in [0, 0.05) is 30.5 Å². The molecule has 8 nitrogen and oxygen atoms in total. The van der Waals surface area contributed by atoms with Gasteiger partial charge in [0.05, 0.1) is 17.1 Å². The molecule has 0 aliphatic rings. The van der Waals surface area contributed by atoms with Crippen LogP contribution < -0.4 is 4.74 Å². The van der Waals surface area contributed by atoms with Crippen molar-refractivity contribution in [1.29, 1.82) is 0 Å². The lowest BCUT2D eigenvalue weighted by Gasteiger charge is -2.16. The van der Waals surface area contributed by atoms with Crippen LogP contribution in [0, 0.1) is 6.92 Å². The molecule has 0 atom stereocenters. The molecule has 2 radical (unpaired) electrons. The van der Waals surface area contributed by atoms with E-state index in [0.29, 0.717) is 13.1 Å². The molecule has 1 N–H and O–H groups in total. The smallest absolute Gasteiger partial charge is 0.183 e. The number of imidazole rings is 1. The Morgan fingerprint density at radius 1 is 0.895 bits per heavy atom. The average Bonchev–Trinajstić information content (AvgIpc) is 3.56. The summed E-state index contributed by atoms with van der Waals surface area (Å²) < 4.78 is 7.71. The number of aryl methyl sites for hydroxylation is 1. The zero-order valence-corrected chi connectivity index (χ0v) is 20.8. The Kier molecular flexibility index (Phi) is 6.41. The predicted molar refractivity (Wildman–Crippen MR) is 146 cm³/mol. The van der Waals surface area contributed by atoms with Gasteiger partial charge < -0.3 is 14.5 Å². The normalized spacial score (nSPS) is 11.3. The molecule has 6 aromatic rings. The molecule has 0 aliphatic heterocycles. The van der Waals surface area contributed by atoms with Crippen molar-refractivity contribution < 1.29 is 4.74 Å². The first-order valence-corrected chi connectivity index (χ1v) is 12.2. The van der Waals surface area contributed by atoms with Crippen molar-refractivity contribution in [3.8, 4) is 34.1 Å². The maximum Gasteiger partial charge on any atom is 0.183 e. The van der Waals surface area contributed by atoms with E-state index in [1.54, 1.807) is 9.33 Å². The molecule has 0 saturated heterocycles. The lowest BCUT2D eigenvalue weighted by Crippen LogP contribution is -2.19. The van der Waals surface area contributed by atoms with E-state index in [-0.39, 0.29) is 0 Å². The van der Waals surface area contributed by atoms with Crippen LogP contribution in [-0.4, -0.2) is 42.3 Å². The van der Waals surface area contributed by atoms with Crippen LogP contribution in [-0.2, 0) is 13.1 Å². The Labute approximate surface area is 221 Å². The van der Waals surface area contributed by atoms with Gasteiger partial charge in [-0.3, -0.25) is 4.98 Å². The van der Waals surface area contributed by atoms with Crippen molar-refractivity contribution in [1.82, 2.24) is 34.4 Å². The number of ether oxygens (including phenoxy) is 1. The van der Waals surface area contributed by atoms with Crippen LogP contribution in [0.15, 0.2) is 97.5 Å². The third-order valence-corrected chi connectivity index (χ3v) is 6.06. The Morgan fingerprint density at radius 2 is 1.74 bits per heavy atom. The molecule has 0 aliphatic carbocycles. The highest BCUT2D eigenvalue weighted by molar-refractivity contribution is 6.04. The molecule has 6 rings (SSSR count). The highest BCUT2D eigenvalue weighted by Crippen LogP contribution is 2.30. The number of hydrogen-bond donors (Lipinski definition) is 1. The molecular formula is C29H24BN7O. The number of hydrogen-bond acceptors (Lipinski definition) is 6. The number of H-pyrrole nitrogens is 1. The minimum Gasteiger partial charge on any atom is -0.457 e. The summed E-state index contributed by atoms with van der Waals surface area (Å²) in [5, 5.41) is 4.27. The number of nitrogens with zero attached hydrogens (tertiary/aromatic N) is 6. The number of para-hydroxylation sites is 1. The van der Waals surface area contributed by atoms with E-state index in [2.05, 4.69) is 15.1 Å². The number of rotatable bonds is 8. The van der Waals surface area contributed by atoms with Crippen LogP contribution in [0.2, 0.25) is 0 Å². The third-order valence-electron chi connectivity index (χ3n) is 6.06. The minimum absolute atomic E-state index is 0.411. The summed E-state index contributed by atoms with van der Waals surface area (Å²) in [5.41, 5.74) is 6.05. The minimum atomic E-state index is 0.411. The molecule has 4 heterocycles. The van der Waals surface area contributed by atoms with E-state index in [1.165, 1.54) is 6.33 Å². The van der Waals surface area contributed by atoms with Crippen molar-refractivity contribution >= 4 is 13.6 Å². The molecule has 0 bridgehead atoms. The number of pyridine rings is 2. The van der Waals surface area contributed by atoms with Gasteiger partial charge in [-0.1, -0.05) is 36.4 Å². The fourth-order valence-electron chi connectivity index (χ4n) is 4.35. The van der Waals surface area contributed by atoms with Crippen LogP contribution >= 0.6 is 0 Å². The molecule has 0 unspecified atom stereocenters. The first kappa shape index (κ1) is 23.6. The summed E-state index contributed by atoms with van der Waals surface area (Å²) >= 11 is 0. The van der Waals surface area contributed by atoms with E-state index < -0.39 is 0 Å². The largest absolute Gasteiger partial charge is 0.457 e. The van der Waals surface area contributed by atoms with E-state index in [0.717, 1.165) is 56.9 Å². The van der Waals surface area contributed by atoms with Crippen molar-refractivity contribution in [3.63, 3.8) is 0 Å². The second kappa shape index (κ2) is 10.3. The Morgan fingerprint density at radius 3 is 2.61 bits per heavy atom. The van der Waals surface area contributed by atoms with E-state index >= 15 is 0 Å². The third kappa shape index (κ3) is 5.19. The molecular weight excluding hydrogens is 473 g/mol. The predicted octanol–water partition coefficient (Wildman–Crippen LogP) is 5.37. The van der Waals surface area contributed by atoms with Gasteiger partial charge in [-0.2, -0.15) is 5.10 Å². The van der Waals surface area contributed by atoms with Crippen molar-refractivity contribution in [3.05, 3.63) is 115 Å². The summed E-state index contributed by atoms with van der Waals surface area (Å²) in [6.07, 6.45) is 3.45. The van der Waals surface area contributed by atoms with E-state index in [9.17, 15) is 0 Å². The lowest BCUT2D eigenvalue weighted by molar-refractivity contribution is 0.429. The van der Waals surface area contributed by atoms with Crippen molar-refractivity contribution in [2.45, 2.75) is 20.0 Å². The number of nitrogens with one attached hydrogen (secondary N) is 1. The standard InChI is InChI=1S/C29H24BN7O/c1-20-7-5-12-25(33-20)29-28(22-13-14-27-31-19-32-37(27)17-22)34-26(35-29)18-36(30)16-21-8-6-11-24(15-21)38-23-9-3-2-4-10-23/h2-15,17,19H,16,18H2,1H3,(H,34,35). The molecule has 2 aromatic carbocycles. The van der Waals surface area contributed by atoms with Crippen LogP contribution in [0.5, 0.6) is 11.5 Å². The number of aromatic nitrogens is 6. The van der Waals surface area contributed by atoms with E-state index in [4.69, 9.17) is 22.7 Å². The zero-order valence-electron chi connectivity index (χ0n) is 20.8. The van der Waals surface area contributed by atoms with Crippen LogP contribution in [0.3, 0.4) is 0 Å². The molecule has 0 saturated carbocycles. The SMILES string of the molecule is [B]N(Cc1cccc(Oc2ccccc2)c1)Cc1nc(-c2ccc3ncnn3c2)c(-c2cccc(C)n2)[nH]1. The summed E-state index contributed by atoms with van der Waals surface area (Å²) in [7, 11) is 6.46. The molecule has 4 aromatic heterocycles. The number of benzene rings is 2. The average molecular weight is 497 g/mol. The van der Waals surface area contributed by atoms with Gasteiger partial charge in [0.1, 0.15) is 23.7 Å². The Bertz CT molecular complexity index is 1700. The summed E-state index contributed by atoms with van der Waals surface area (Å²) in [4.78, 5) is 19.1. The highest BCUT2D eigenvalue weighted by atomic mass is 16.5. The van der Waals surface area contributed by atoms with Gasteiger partial charge in [-0.05, 0) is 61.0 Å². The van der Waals surface area contributed by atoms with Crippen molar-refractivity contribution in [2.75, 3.05) is 0 Å². The molecule has 0 fully saturated rings. The molecule has 38 heavy (non-hydrogen) atoms. The van der Waals surface area contributed by atoms with E-state index in [1.807, 2.05) is 98.0 Å². The first-order valence-electron chi connectivity index (χ1n) is 12.2. The number of aromatic amines is 1. The fourth-order valence-corrected chi connectivity index (χ4v) is 4.35. The summed E-state index contributed by atoms with van der Waals surface area (Å²) in [6, 6.07) is 27.5. The van der Waals surface area contributed by atoms with Crippen LogP contribution in [0.25, 0.3) is 28.3 Å². The second-order valence-corrected chi connectivity index (χ2v) is 9.02. The highest BCUT2D eigenvalue weighted by Gasteiger charge is 2.17. The van der Waals surface area contributed by atoms with Gasteiger partial charge in [0.2, 0.25) is 0 Å². The van der Waals surface area contributed by atoms with Gasteiger partial charge in [0.15, 0.2) is 13.6 Å². The quantitative estimate of drug-likeness (QED) is 0.285. The maximum absolute atomic E-state index is 6.46. The van der Waals surface area contributed by atoms with Gasteiger partial charge in [0.25, 0.3) is 0 Å². The molecule has 0 spiro atoms. The number of fused-ring (bicyclic) bond motifs is 1. The molecule has 184 valence electrons. The van der Waals surface area contributed by atoms with Gasteiger partial charge >= 0.3 is 0 Å². The Balaban J connectivity index is 1.25. The fraction of sp³-hybridized carbons (Fsp3) is 0.103. The summed E-state index contributed by atoms with van der Waals surface area (Å²) in [5.74, 6) is 2.29. The molecule has 9 heteroatoms. The Hall–Kier alpha value is -4.76. The van der Waals surface area contributed by atoms with Gasteiger partial charge in [-0.25, -0.2) is 14.5 Å². The first-order chi connectivity index (χ1) is 18.6.